The lowest BCUT2D eigenvalue weighted by Crippen LogP contribution is -2.36. The fourth-order valence-corrected chi connectivity index (χ4v) is 3.87. The molecule has 1 heterocycles. The van der Waals surface area contributed by atoms with Crippen molar-refractivity contribution in [1.29, 1.82) is 0 Å². The van der Waals surface area contributed by atoms with Crippen LogP contribution in [0.4, 0.5) is 0 Å². The van der Waals surface area contributed by atoms with Crippen molar-refractivity contribution in [2.75, 3.05) is 6.54 Å². The van der Waals surface area contributed by atoms with Gasteiger partial charge < -0.3 is 15.0 Å². The molecule has 128 valence electrons. The summed E-state index contributed by atoms with van der Waals surface area (Å²) in [5, 5.41) is 15.9. The summed E-state index contributed by atoms with van der Waals surface area (Å²) in [5.74, 6) is 0. The summed E-state index contributed by atoms with van der Waals surface area (Å²) in [4.78, 5) is 0. The van der Waals surface area contributed by atoms with Gasteiger partial charge in [0.25, 0.3) is 0 Å². The highest BCUT2D eigenvalue weighted by Gasteiger charge is 2.18. The second-order valence-corrected chi connectivity index (χ2v) is 6.91. The molecule has 0 bridgehead atoms. The third kappa shape index (κ3) is 3.85. The number of aryl methyl sites for hydroxylation is 1. The highest BCUT2D eigenvalue weighted by Crippen LogP contribution is 2.30. The third-order valence-corrected chi connectivity index (χ3v) is 5.30. The van der Waals surface area contributed by atoms with E-state index in [0.29, 0.717) is 19.1 Å². The average molecular weight is 357 g/mol. The summed E-state index contributed by atoms with van der Waals surface area (Å²) in [6.07, 6.45) is 4.70. The smallest absolute Gasteiger partial charge is 0.0843 e. The number of nitrogens with zero attached hydrogens (tertiary/aromatic N) is 1. The van der Waals surface area contributed by atoms with Crippen LogP contribution in [0.15, 0.2) is 18.2 Å². The number of fused-ring (bicyclic) bond motifs is 1. The lowest BCUT2D eigenvalue weighted by atomic mass is 10.2. The van der Waals surface area contributed by atoms with Crippen molar-refractivity contribution in [1.82, 2.24) is 9.88 Å². The molecule has 2 N–H and O–H groups in total. The van der Waals surface area contributed by atoms with Crippen molar-refractivity contribution in [2.24, 2.45) is 0 Å². The highest BCUT2D eigenvalue weighted by atomic mass is 35.5. The van der Waals surface area contributed by atoms with Gasteiger partial charge in [-0.05, 0) is 38.3 Å². The van der Waals surface area contributed by atoms with Crippen LogP contribution in [0.3, 0.4) is 0 Å². The standard InChI is InChI=1S/C18H25ClN2O.ClH/c1-12-13(2)21(18-16(12)8-5-9-17(18)19)11-15(22)10-20-14-6-3-4-7-14;/h5,8-9,14-15,20,22H,3-4,6-7,10-11H2,1-2H3;1H. The van der Waals surface area contributed by atoms with Gasteiger partial charge in [0.05, 0.1) is 23.2 Å². The molecule has 1 unspecified atom stereocenters. The Kier molecular flexibility index (Phi) is 6.38. The summed E-state index contributed by atoms with van der Waals surface area (Å²) in [6.45, 7) is 5.45. The quantitative estimate of drug-likeness (QED) is 0.841. The highest BCUT2D eigenvalue weighted by molar-refractivity contribution is 6.35. The normalized spacial score (nSPS) is 16.7. The monoisotopic (exact) mass is 356 g/mol. The van der Waals surface area contributed by atoms with Gasteiger partial charge in [-0.25, -0.2) is 0 Å². The molecule has 1 atom stereocenters. The number of rotatable bonds is 5. The molecule has 5 heteroatoms. The molecule has 0 saturated heterocycles. The Morgan fingerprint density at radius 1 is 1.30 bits per heavy atom. The van der Waals surface area contributed by atoms with Gasteiger partial charge in [0.1, 0.15) is 0 Å². The van der Waals surface area contributed by atoms with E-state index in [4.69, 9.17) is 11.6 Å². The van der Waals surface area contributed by atoms with E-state index >= 15 is 0 Å². The molecule has 3 nitrogen and oxygen atoms in total. The molecule has 3 rings (SSSR count). The second kappa shape index (κ2) is 7.89. The van der Waals surface area contributed by atoms with E-state index in [1.165, 1.54) is 42.3 Å². The Morgan fingerprint density at radius 3 is 2.70 bits per heavy atom. The largest absolute Gasteiger partial charge is 0.390 e. The topological polar surface area (TPSA) is 37.2 Å². The number of benzene rings is 1. The molecule has 1 aliphatic carbocycles. The SMILES string of the molecule is Cc1c(C)n(CC(O)CNC2CCCC2)c2c(Cl)cccc12.Cl. The zero-order valence-electron chi connectivity index (χ0n) is 13.8. The number of aromatic nitrogens is 1. The van der Waals surface area contributed by atoms with E-state index in [0.717, 1.165) is 10.5 Å². The van der Waals surface area contributed by atoms with Gasteiger partial charge in [-0.1, -0.05) is 36.6 Å². The summed E-state index contributed by atoms with van der Waals surface area (Å²) in [6, 6.07) is 6.59. The van der Waals surface area contributed by atoms with Crippen LogP contribution in [0.5, 0.6) is 0 Å². The number of hydrogen-bond donors (Lipinski definition) is 2. The van der Waals surface area contributed by atoms with Crippen LogP contribution < -0.4 is 5.32 Å². The van der Waals surface area contributed by atoms with Gasteiger partial charge in [0.15, 0.2) is 0 Å². The number of aliphatic hydroxyl groups is 1. The van der Waals surface area contributed by atoms with Gasteiger partial charge in [0, 0.05) is 23.7 Å². The van der Waals surface area contributed by atoms with Gasteiger partial charge >= 0.3 is 0 Å². The fourth-order valence-electron chi connectivity index (χ4n) is 3.59. The van der Waals surface area contributed by atoms with E-state index < -0.39 is 6.10 Å². The molecule has 1 aromatic heterocycles. The van der Waals surface area contributed by atoms with Crippen LogP contribution in [-0.2, 0) is 6.54 Å². The van der Waals surface area contributed by atoms with Crippen molar-refractivity contribution in [3.63, 3.8) is 0 Å². The van der Waals surface area contributed by atoms with Crippen molar-refractivity contribution in [3.8, 4) is 0 Å². The van der Waals surface area contributed by atoms with Gasteiger partial charge in [-0.15, -0.1) is 12.4 Å². The summed E-state index contributed by atoms with van der Waals surface area (Å²) < 4.78 is 2.16. The molecule has 2 aromatic rings. The first-order valence-corrected chi connectivity index (χ1v) is 8.61. The summed E-state index contributed by atoms with van der Waals surface area (Å²) in [5.41, 5.74) is 3.47. The molecule has 0 aliphatic heterocycles. The predicted octanol–water partition coefficient (Wildman–Crippen LogP) is 4.23. The van der Waals surface area contributed by atoms with Gasteiger partial charge in [-0.3, -0.25) is 0 Å². The first-order valence-electron chi connectivity index (χ1n) is 8.23. The molecule has 0 spiro atoms. The zero-order chi connectivity index (χ0) is 15.7. The van der Waals surface area contributed by atoms with E-state index in [9.17, 15) is 5.11 Å². The molecule has 1 aliphatic rings. The number of aliphatic hydroxyl groups excluding tert-OH is 1. The number of hydrogen-bond acceptors (Lipinski definition) is 2. The minimum atomic E-state index is -0.398. The molecular formula is C18H26Cl2N2O. The number of para-hydroxylation sites is 1. The lowest BCUT2D eigenvalue weighted by molar-refractivity contribution is 0.148. The average Bonchev–Trinajstić information content (AvgIpc) is 3.09. The second-order valence-electron chi connectivity index (χ2n) is 6.50. The van der Waals surface area contributed by atoms with Crippen molar-refractivity contribution < 1.29 is 5.11 Å². The lowest BCUT2D eigenvalue weighted by Gasteiger charge is -2.18. The number of halogens is 2. The van der Waals surface area contributed by atoms with Crippen LogP contribution in [0, 0.1) is 13.8 Å². The molecule has 1 fully saturated rings. The van der Waals surface area contributed by atoms with Crippen molar-refractivity contribution in [2.45, 2.75) is 58.2 Å². The predicted molar refractivity (Wildman–Crippen MR) is 99.9 cm³/mol. The van der Waals surface area contributed by atoms with E-state index in [1.807, 2.05) is 12.1 Å². The zero-order valence-corrected chi connectivity index (χ0v) is 15.4. The van der Waals surface area contributed by atoms with Crippen molar-refractivity contribution >= 4 is 34.9 Å². The molecule has 1 saturated carbocycles. The fraction of sp³-hybridized carbons (Fsp3) is 0.556. The van der Waals surface area contributed by atoms with Crippen LogP contribution >= 0.6 is 24.0 Å². The Labute approximate surface area is 149 Å². The molecule has 0 amide bonds. The van der Waals surface area contributed by atoms with Crippen LogP contribution in [0.2, 0.25) is 5.02 Å². The van der Waals surface area contributed by atoms with E-state index in [-0.39, 0.29) is 12.4 Å². The maximum Gasteiger partial charge on any atom is 0.0843 e. The molecular weight excluding hydrogens is 331 g/mol. The maximum atomic E-state index is 10.4. The van der Waals surface area contributed by atoms with Gasteiger partial charge in [0.2, 0.25) is 0 Å². The van der Waals surface area contributed by atoms with Crippen LogP contribution in [-0.4, -0.2) is 28.4 Å². The summed E-state index contributed by atoms with van der Waals surface area (Å²) >= 11 is 6.39. The third-order valence-electron chi connectivity index (χ3n) is 5.00. The Balaban J connectivity index is 0.00000192. The minimum absolute atomic E-state index is 0. The van der Waals surface area contributed by atoms with E-state index in [2.05, 4.69) is 29.8 Å². The van der Waals surface area contributed by atoms with Gasteiger partial charge in [-0.2, -0.15) is 0 Å². The number of nitrogens with one attached hydrogen (secondary N) is 1. The first-order chi connectivity index (χ1) is 10.6. The maximum absolute atomic E-state index is 10.4. The van der Waals surface area contributed by atoms with Crippen LogP contribution in [0.25, 0.3) is 10.9 Å². The van der Waals surface area contributed by atoms with E-state index in [1.54, 1.807) is 0 Å². The Hall–Kier alpha value is -0.740. The molecule has 23 heavy (non-hydrogen) atoms. The first kappa shape index (κ1) is 18.6. The minimum Gasteiger partial charge on any atom is -0.390 e. The summed E-state index contributed by atoms with van der Waals surface area (Å²) in [7, 11) is 0. The van der Waals surface area contributed by atoms with Crippen molar-refractivity contribution in [3.05, 3.63) is 34.5 Å². The van der Waals surface area contributed by atoms with Crippen LogP contribution in [0.1, 0.15) is 36.9 Å². The molecule has 1 aromatic carbocycles. The Bertz CT molecular complexity index is 663. The Morgan fingerprint density at radius 2 is 2.00 bits per heavy atom. The molecule has 0 radical (unpaired) electrons.